The van der Waals surface area contributed by atoms with Gasteiger partial charge < -0.3 is 9.64 Å². The number of allylic oxidation sites excluding steroid dienone is 4. The van der Waals surface area contributed by atoms with Gasteiger partial charge in [0.2, 0.25) is 0 Å². The zero-order chi connectivity index (χ0) is 12.3. The number of nitrogens with zero attached hydrogens (tertiary/aromatic N) is 1. The van der Waals surface area contributed by atoms with Crippen molar-refractivity contribution in [3.05, 3.63) is 23.9 Å². The van der Waals surface area contributed by atoms with Crippen LogP contribution in [-0.2, 0) is 14.3 Å². The number of carbonyl (C=O) groups is 2. The molecule has 2 aliphatic rings. The van der Waals surface area contributed by atoms with E-state index in [1.807, 2.05) is 12.2 Å². The molecule has 1 unspecified atom stereocenters. The molecule has 1 aliphatic carbocycles. The zero-order valence-electron chi connectivity index (χ0n) is 10.0. The predicted octanol–water partition coefficient (Wildman–Crippen LogP) is 1.63. The molecule has 4 nitrogen and oxygen atoms in total. The first-order valence-electron chi connectivity index (χ1n) is 6.09. The third-order valence-electron chi connectivity index (χ3n) is 3.18. The van der Waals surface area contributed by atoms with Gasteiger partial charge in [0.25, 0.3) is 0 Å². The first-order valence-corrected chi connectivity index (χ1v) is 6.09. The van der Waals surface area contributed by atoms with Crippen molar-refractivity contribution in [3.8, 4) is 0 Å². The molecule has 92 valence electrons. The fraction of sp³-hybridized carbons (Fsp3) is 0.538. The maximum absolute atomic E-state index is 11.9. The summed E-state index contributed by atoms with van der Waals surface area (Å²) in [7, 11) is 0. The van der Waals surface area contributed by atoms with Crippen LogP contribution in [0, 0.1) is 5.92 Å². The Morgan fingerprint density at radius 3 is 3.12 bits per heavy atom. The smallest absolute Gasteiger partial charge is 0.397 e. The molecule has 2 rings (SSSR count). The number of rotatable bonds is 1. The molecule has 0 radical (unpaired) electrons. The van der Waals surface area contributed by atoms with Crippen LogP contribution in [0.15, 0.2) is 23.9 Å². The second-order valence-electron chi connectivity index (χ2n) is 4.27. The van der Waals surface area contributed by atoms with E-state index in [-0.39, 0.29) is 6.61 Å². The van der Waals surface area contributed by atoms with Crippen LogP contribution in [0.5, 0.6) is 0 Å². The Balaban J connectivity index is 2.13. The molecular formula is C13H17NO3. The van der Waals surface area contributed by atoms with Crippen LogP contribution in [0.3, 0.4) is 0 Å². The molecule has 4 heteroatoms. The molecule has 0 saturated carbocycles. The fourth-order valence-electron chi connectivity index (χ4n) is 2.39. The molecular weight excluding hydrogens is 218 g/mol. The van der Waals surface area contributed by atoms with Crippen molar-refractivity contribution < 1.29 is 14.3 Å². The first kappa shape index (κ1) is 11.9. The molecule has 1 aliphatic heterocycles. The Labute approximate surface area is 101 Å². The molecule has 17 heavy (non-hydrogen) atoms. The summed E-state index contributed by atoms with van der Waals surface area (Å²) in [5.74, 6) is -0.895. The van der Waals surface area contributed by atoms with Crippen LogP contribution in [0.2, 0.25) is 0 Å². The maximum atomic E-state index is 11.9. The van der Waals surface area contributed by atoms with E-state index in [9.17, 15) is 9.59 Å². The molecule has 0 bridgehead atoms. The standard InChI is InChI=1S/C13H17NO3/c1-2-17-13(16)12(15)14-9-5-7-10-6-3-4-8-11(10)14/h3-4,8,10H,2,5-7,9H2,1H3. The molecule has 0 N–H and O–H groups in total. The lowest BCUT2D eigenvalue weighted by Crippen LogP contribution is -2.42. The summed E-state index contributed by atoms with van der Waals surface area (Å²) >= 11 is 0. The van der Waals surface area contributed by atoms with Gasteiger partial charge in [0.1, 0.15) is 0 Å². The highest BCUT2D eigenvalue weighted by Gasteiger charge is 2.32. The molecule has 0 spiro atoms. The number of likely N-dealkylation sites (tertiary alicyclic amines) is 1. The molecule has 1 heterocycles. The van der Waals surface area contributed by atoms with E-state index < -0.39 is 11.9 Å². The third kappa shape index (κ3) is 2.40. The molecule has 0 aromatic carbocycles. The Kier molecular flexibility index (Phi) is 3.61. The van der Waals surface area contributed by atoms with Gasteiger partial charge in [-0.1, -0.05) is 12.2 Å². The number of piperidine rings is 1. The van der Waals surface area contributed by atoms with Gasteiger partial charge in [-0.2, -0.15) is 0 Å². The Hall–Kier alpha value is -1.58. The van der Waals surface area contributed by atoms with E-state index in [0.29, 0.717) is 12.5 Å². The molecule has 1 fully saturated rings. The number of hydrogen-bond acceptors (Lipinski definition) is 3. The quantitative estimate of drug-likeness (QED) is 0.512. The van der Waals surface area contributed by atoms with Crippen molar-refractivity contribution in [2.75, 3.05) is 13.2 Å². The van der Waals surface area contributed by atoms with Crippen molar-refractivity contribution in [1.29, 1.82) is 0 Å². The SMILES string of the molecule is CCOC(=O)C(=O)N1CCCC2CC=CC=C21. The largest absolute Gasteiger partial charge is 0.459 e. The number of hydrogen-bond donors (Lipinski definition) is 0. The van der Waals surface area contributed by atoms with E-state index in [1.165, 1.54) is 0 Å². The molecule has 1 atom stereocenters. The second-order valence-corrected chi connectivity index (χ2v) is 4.27. The van der Waals surface area contributed by atoms with E-state index in [2.05, 4.69) is 6.08 Å². The van der Waals surface area contributed by atoms with Gasteiger partial charge in [-0.3, -0.25) is 4.79 Å². The fourth-order valence-corrected chi connectivity index (χ4v) is 2.39. The number of amides is 1. The van der Waals surface area contributed by atoms with Crippen LogP contribution >= 0.6 is 0 Å². The summed E-state index contributed by atoms with van der Waals surface area (Å²) in [6, 6.07) is 0. The minimum absolute atomic E-state index is 0.237. The Morgan fingerprint density at radius 1 is 1.53 bits per heavy atom. The third-order valence-corrected chi connectivity index (χ3v) is 3.18. The highest BCUT2D eigenvalue weighted by molar-refractivity contribution is 6.32. The van der Waals surface area contributed by atoms with Crippen molar-refractivity contribution in [3.63, 3.8) is 0 Å². The minimum atomic E-state index is -0.747. The van der Waals surface area contributed by atoms with Crippen molar-refractivity contribution in [2.24, 2.45) is 5.92 Å². The summed E-state index contributed by atoms with van der Waals surface area (Å²) in [6.45, 7) is 2.56. The first-order chi connectivity index (χ1) is 8.24. The van der Waals surface area contributed by atoms with Gasteiger partial charge in [-0.25, -0.2) is 4.79 Å². The number of fused-ring (bicyclic) bond motifs is 1. The normalized spacial score (nSPS) is 22.8. The van der Waals surface area contributed by atoms with Gasteiger partial charge in [0.15, 0.2) is 0 Å². The molecule has 1 saturated heterocycles. The highest BCUT2D eigenvalue weighted by Crippen LogP contribution is 2.32. The topological polar surface area (TPSA) is 46.6 Å². The maximum Gasteiger partial charge on any atom is 0.397 e. The lowest BCUT2D eigenvalue weighted by atomic mass is 9.88. The van der Waals surface area contributed by atoms with E-state index in [4.69, 9.17) is 4.74 Å². The summed E-state index contributed by atoms with van der Waals surface area (Å²) in [5.41, 5.74) is 0.969. The van der Waals surface area contributed by atoms with Crippen molar-refractivity contribution in [1.82, 2.24) is 4.90 Å². The Bertz CT molecular complexity index is 384. The molecule has 0 aromatic rings. The number of ether oxygens (including phenoxy) is 1. The highest BCUT2D eigenvalue weighted by atomic mass is 16.5. The van der Waals surface area contributed by atoms with Crippen LogP contribution in [0.4, 0.5) is 0 Å². The minimum Gasteiger partial charge on any atom is -0.459 e. The zero-order valence-corrected chi connectivity index (χ0v) is 10.0. The van der Waals surface area contributed by atoms with Crippen molar-refractivity contribution in [2.45, 2.75) is 26.2 Å². The average Bonchev–Trinajstić information content (AvgIpc) is 2.37. The summed E-state index contributed by atoms with van der Waals surface area (Å²) in [6.07, 6.45) is 8.97. The summed E-state index contributed by atoms with van der Waals surface area (Å²) in [4.78, 5) is 25.0. The van der Waals surface area contributed by atoms with Crippen molar-refractivity contribution >= 4 is 11.9 Å². The lowest BCUT2D eigenvalue weighted by molar-refractivity contribution is -0.159. The van der Waals surface area contributed by atoms with Gasteiger partial charge >= 0.3 is 11.9 Å². The van der Waals surface area contributed by atoms with E-state index in [1.54, 1.807) is 11.8 Å². The van der Waals surface area contributed by atoms with Crippen LogP contribution in [-0.4, -0.2) is 29.9 Å². The predicted molar refractivity (Wildman–Crippen MR) is 62.9 cm³/mol. The van der Waals surface area contributed by atoms with Gasteiger partial charge in [0, 0.05) is 18.2 Å². The lowest BCUT2D eigenvalue weighted by Gasteiger charge is -2.35. The second kappa shape index (κ2) is 5.17. The Morgan fingerprint density at radius 2 is 2.35 bits per heavy atom. The van der Waals surface area contributed by atoms with Crippen LogP contribution < -0.4 is 0 Å². The summed E-state index contributed by atoms with van der Waals surface area (Å²) < 4.78 is 4.76. The van der Waals surface area contributed by atoms with Crippen LogP contribution in [0.25, 0.3) is 0 Å². The average molecular weight is 235 g/mol. The van der Waals surface area contributed by atoms with E-state index in [0.717, 1.165) is 25.0 Å². The summed E-state index contributed by atoms with van der Waals surface area (Å²) in [5, 5.41) is 0. The van der Waals surface area contributed by atoms with Gasteiger partial charge in [-0.15, -0.1) is 0 Å². The molecule has 1 amide bonds. The molecule has 0 aromatic heterocycles. The van der Waals surface area contributed by atoms with E-state index >= 15 is 0 Å². The number of esters is 1. The van der Waals surface area contributed by atoms with Gasteiger partial charge in [-0.05, 0) is 32.3 Å². The van der Waals surface area contributed by atoms with Crippen LogP contribution in [0.1, 0.15) is 26.2 Å². The number of carbonyl (C=O) groups excluding carboxylic acids is 2. The van der Waals surface area contributed by atoms with Gasteiger partial charge in [0.05, 0.1) is 6.61 Å². The monoisotopic (exact) mass is 235 g/mol.